The van der Waals surface area contributed by atoms with Gasteiger partial charge in [0, 0.05) is 12.1 Å². The van der Waals surface area contributed by atoms with E-state index in [1.807, 2.05) is 30.3 Å². The fourth-order valence-corrected chi connectivity index (χ4v) is 1.28. The number of halogens is 2. The number of carbonyl (C=O) groups is 1. The van der Waals surface area contributed by atoms with Crippen molar-refractivity contribution in [1.29, 1.82) is 0 Å². The molecule has 1 aromatic carbocycles. The molecule has 0 saturated carbocycles. The molecule has 0 spiro atoms. The van der Waals surface area contributed by atoms with Crippen LogP contribution in [0.1, 0.15) is 32.6 Å². The standard InChI is InChI=1S/C12H17NO.2ClH/c1-2-3-5-10-12(14)13-11-8-6-4-7-9-11;;/h4,6-9H,2-3,5,10H2,1H3,(H,13,14);2*1H. The lowest BCUT2D eigenvalue weighted by molar-refractivity contribution is -0.116. The number of amides is 1. The predicted molar refractivity (Wildman–Crippen MR) is 73.7 cm³/mol. The van der Waals surface area contributed by atoms with Crippen LogP contribution < -0.4 is 5.32 Å². The van der Waals surface area contributed by atoms with E-state index in [0.717, 1.165) is 24.9 Å². The zero-order valence-corrected chi connectivity index (χ0v) is 11.1. The number of benzene rings is 1. The molecule has 92 valence electrons. The normalized spacial score (nSPS) is 8.56. The Morgan fingerprint density at radius 3 is 2.31 bits per heavy atom. The van der Waals surface area contributed by atoms with Crippen LogP contribution >= 0.6 is 24.8 Å². The number of hydrogen-bond acceptors (Lipinski definition) is 1. The number of rotatable bonds is 5. The minimum atomic E-state index is 0. The highest BCUT2D eigenvalue weighted by atomic mass is 35.5. The van der Waals surface area contributed by atoms with Crippen LogP contribution in [0.25, 0.3) is 0 Å². The summed E-state index contributed by atoms with van der Waals surface area (Å²) in [6.07, 6.45) is 3.89. The number of nitrogens with one attached hydrogen (secondary N) is 1. The molecule has 0 radical (unpaired) electrons. The molecule has 0 aliphatic heterocycles. The molecule has 2 nitrogen and oxygen atoms in total. The van der Waals surface area contributed by atoms with Gasteiger partial charge in [-0.1, -0.05) is 38.0 Å². The summed E-state index contributed by atoms with van der Waals surface area (Å²) >= 11 is 0. The van der Waals surface area contributed by atoms with Gasteiger partial charge >= 0.3 is 0 Å². The summed E-state index contributed by atoms with van der Waals surface area (Å²) in [5.41, 5.74) is 0.883. The Labute approximate surface area is 110 Å². The first-order valence-electron chi connectivity index (χ1n) is 5.18. The Hall–Kier alpha value is -0.730. The highest BCUT2D eigenvalue weighted by Crippen LogP contribution is 2.07. The molecule has 16 heavy (non-hydrogen) atoms. The van der Waals surface area contributed by atoms with Crippen LogP contribution in [0.3, 0.4) is 0 Å². The molecular formula is C12H19Cl2NO. The van der Waals surface area contributed by atoms with Gasteiger partial charge in [0.05, 0.1) is 0 Å². The van der Waals surface area contributed by atoms with Gasteiger partial charge in [0.25, 0.3) is 0 Å². The first-order valence-corrected chi connectivity index (χ1v) is 5.18. The van der Waals surface area contributed by atoms with E-state index in [4.69, 9.17) is 0 Å². The van der Waals surface area contributed by atoms with Crippen LogP contribution in [0, 0.1) is 0 Å². The van der Waals surface area contributed by atoms with Gasteiger partial charge in [-0.2, -0.15) is 0 Å². The van der Waals surface area contributed by atoms with Crippen LogP contribution in [0.4, 0.5) is 5.69 Å². The number of anilines is 1. The summed E-state index contributed by atoms with van der Waals surface area (Å²) in [4.78, 5) is 11.4. The topological polar surface area (TPSA) is 29.1 Å². The highest BCUT2D eigenvalue weighted by Gasteiger charge is 2.00. The molecule has 0 aromatic heterocycles. The first kappa shape index (κ1) is 17.7. The van der Waals surface area contributed by atoms with Crippen LogP contribution in [-0.4, -0.2) is 5.91 Å². The van der Waals surface area contributed by atoms with Gasteiger partial charge in [0.1, 0.15) is 0 Å². The smallest absolute Gasteiger partial charge is 0.224 e. The Morgan fingerprint density at radius 1 is 1.12 bits per heavy atom. The summed E-state index contributed by atoms with van der Waals surface area (Å²) < 4.78 is 0. The number of para-hydroxylation sites is 1. The van der Waals surface area contributed by atoms with Crippen molar-refractivity contribution >= 4 is 36.4 Å². The molecular weight excluding hydrogens is 245 g/mol. The van der Waals surface area contributed by atoms with Gasteiger partial charge in [0.2, 0.25) is 5.91 Å². The second-order valence-electron chi connectivity index (χ2n) is 3.37. The lowest BCUT2D eigenvalue weighted by atomic mass is 10.2. The molecule has 0 bridgehead atoms. The van der Waals surface area contributed by atoms with Crippen molar-refractivity contribution in [2.45, 2.75) is 32.6 Å². The van der Waals surface area contributed by atoms with Gasteiger partial charge in [-0.3, -0.25) is 4.79 Å². The Kier molecular flexibility index (Phi) is 11.9. The van der Waals surface area contributed by atoms with E-state index in [9.17, 15) is 4.79 Å². The summed E-state index contributed by atoms with van der Waals surface area (Å²) in [6, 6.07) is 9.57. The van der Waals surface area contributed by atoms with E-state index in [1.165, 1.54) is 0 Å². The summed E-state index contributed by atoms with van der Waals surface area (Å²) in [7, 11) is 0. The van der Waals surface area contributed by atoms with E-state index in [-0.39, 0.29) is 30.7 Å². The van der Waals surface area contributed by atoms with Gasteiger partial charge in [-0.05, 0) is 18.6 Å². The minimum absolute atomic E-state index is 0. The monoisotopic (exact) mass is 263 g/mol. The fraction of sp³-hybridized carbons (Fsp3) is 0.417. The first-order chi connectivity index (χ1) is 6.83. The second-order valence-corrected chi connectivity index (χ2v) is 3.37. The lowest BCUT2D eigenvalue weighted by Gasteiger charge is -2.03. The molecule has 1 amide bonds. The number of unbranched alkanes of at least 4 members (excludes halogenated alkanes) is 2. The zero-order valence-electron chi connectivity index (χ0n) is 9.44. The second kappa shape index (κ2) is 10.8. The molecule has 0 heterocycles. The predicted octanol–water partition coefficient (Wildman–Crippen LogP) is 4.05. The molecule has 1 rings (SSSR count). The molecule has 0 atom stereocenters. The average molecular weight is 264 g/mol. The van der Waals surface area contributed by atoms with Crippen molar-refractivity contribution < 1.29 is 4.79 Å². The van der Waals surface area contributed by atoms with E-state index < -0.39 is 0 Å². The minimum Gasteiger partial charge on any atom is -0.326 e. The molecule has 0 fully saturated rings. The van der Waals surface area contributed by atoms with Crippen molar-refractivity contribution in [1.82, 2.24) is 0 Å². The maximum Gasteiger partial charge on any atom is 0.224 e. The number of carbonyl (C=O) groups excluding carboxylic acids is 1. The van der Waals surface area contributed by atoms with Crippen molar-refractivity contribution in [2.24, 2.45) is 0 Å². The maximum atomic E-state index is 11.4. The highest BCUT2D eigenvalue weighted by molar-refractivity contribution is 5.90. The lowest BCUT2D eigenvalue weighted by Crippen LogP contribution is -2.10. The van der Waals surface area contributed by atoms with Gasteiger partial charge in [-0.15, -0.1) is 24.8 Å². The van der Waals surface area contributed by atoms with Crippen molar-refractivity contribution in [3.05, 3.63) is 30.3 Å². The Balaban J connectivity index is 0. The third kappa shape index (κ3) is 7.55. The fourth-order valence-electron chi connectivity index (χ4n) is 1.28. The van der Waals surface area contributed by atoms with Crippen LogP contribution in [-0.2, 0) is 4.79 Å². The Bertz CT molecular complexity index is 278. The van der Waals surface area contributed by atoms with Crippen molar-refractivity contribution in [3.63, 3.8) is 0 Å². The average Bonchev–Trinajstić information content (AvgIpc) is 2.20. The van der Waals surface area contributed by atoms with Crippen molar-refractivity contribution in [2.75, 3.05) is 5.32 Å². The largest absolute Gasteiger partial charge is 0.326 e. The van der Waals surface area contributed by atoms with E-state index in [2.05, 4.69) is 12.2 Å². The molecule has 1 aromatic rings. The summed E-state index contributed by atoms with van der Waals surface area (Å²) in [5, 5.41) is 2.86. The van der Waals surface area contributed by atoms with Gasteiger partial charge in [0.15, 0.2) is 0 Å². The molecule has 0 saturated heterocycles. The maximum absolute atomic E-state index is 11.4. The SMILES string of the molecule is CCCCCC(=O)Nc1ccccc1.Cl.Cl. The van der Waals surface area contributed by atoms with Crippen LogP contribution in [0.2, 0.25) is 0 Å². The molecule has 0 aliphatic rings. The third-order valence-corrected chi connectivity index (χ3v) is 2.06. The van der Waals surface area contributed by atoms with E-state index >= 15 is 0 Å². The summed E-state index contributed by atoms with van der Waals surface area (Å²) in [6.45, 7) is 2.13. The summed E-state index contributed by atoms with van der Waals surface area (Å²) in [5.74, 6) is 0.115. The van der Waals surface area contributed by atoms with E-state index in [1.54, 1.807) is 0 Å². The third-order valence-electron chi connectivity index (χ3n) is 2.06. The molecule has 1 N–H and O–H groups in total. The quantitative estimate of drug-likeness (QED) is 0.798. The van der Waals surface area contributed by atoms with Crippen molar-refractivity contribution in [3.8, 4) is 0 Å². The molecule has 0 unspecified atom stereocenters. The van der Waals surface area contributed by atoms with Gasteiger partial charge < -0.3 is 5.32 Å². The van der Waals surface area contributed by atoms with E-state index in [0.29, 0.717) is 6.42 Å². The van der Waals surface area contributed by atoms with Crippen LogP contribution in [0.15, 0.2) is 30.3 Å². The van der Waals surface area contributed by atoms with Gasteiger partial charge in [-0.25, -0.2) is 0 Å². The molecule has 4 heteroatoms. The van der Waals surface area contributed by atoms with Crippen LogP contribution in [0.5, 0.6) is 0 Å². The zero-order chi connectivity index (χ0) is 10.2. The number of hydrogen-bond donors (Lipinski definition) is 1. The Morgan fingerprint density at radius 2 is 1.75 bits per heavy atom. The molecule has 0 aliphatic carbocycles.